The smallest absolute Gasteiger partial charge is 0.508 e. The number of carbonyl (C=O) groups is 3. The number of phosphoric ester groups is 2. The topological polar surface area (TPSA) is 500 Å². The number of aryl methyl sites for hydroxylation is 3. The number of benzene rings is 6. The first kappa shape index (κ1) is 90.9. The van der Waals surface area contributed by atoms with Crippen molar-refractivity contribution < 1.29 is 86.8 Å². The van der Waals surface area contributed by atoms with Crippen molar-refractivity contribution >= 4 is 151 Å². The van der Waals surface area contributed by atoms with Crippen LogP contribution in [0.25, 0.3) is 65.8 Å². The van der Waals surface area contributed by atoms with E-state index >= 15 is 0 Å². The van der Waals surface area contributed by atoms with Gasteiger partial charge in [-0.25, -0.2) is 39.0 Å². The Labute approximate surface area is 700 Å². The number of rotatable bonds is 40. The lowest BCUT2D eigenvalue weighted by molar-refractivity contribution is -0.119. The van der Waals surface area contributed by atoms with E-state index in [4.69, 9.17) is 85.7 Å². The summed E-state index contributed by atoms with van der Waals surface area (Å²) in [5.74, 6) is 1.09. The highest BCUT2D eigenvalue weighted by atomic mass is 35.5. The first-order chi connectivity index (χ1) is 57.1. The Hall–Kier alpha value is -10.4. The third kappa shape index (κ3) is 24.7. The first-order valence-electron chi connectivity index (χ1n) is 38.7. The third-order valence-corrected chi connectivity index (χ3v) is 20.7. The molecule has 0 radical (unpaired) electrons. The molecule has 0 atom stereocenters. The van der Waals surface area contributed by atoms with Gasteiger partial charge in [0.05, 0.1) is 92.4 Å². The molecule has 6 aromatic carbocycles. The predicted octanol–water partition coefficient (Wildman–Crippen LogP) is 11.2. The highest BCUT2D eigenvalue weighted by Crippen LogP contribution is 2.46. The van der Waals surface area contributed by atoms with E-state index in [1.807, 2.05) is 57.7 Å². The molecule has 0 aliphatic heterocycles. The number of unbranched alkanes of at least 4 members (excludes halogenated alkanes) is 3. The zero-order valence-electron chi connectivity index (χ0n) is 65.9. The van der Waals surface area contributed by atoms with E-state index in [0.29, 0.717) is 148 Å². The van der Waals surface area contributed by atoms with Crippen LogP contribution in [0.5, 0.6) is 34.5 Å². The number of anilines is 3. The fraction of sp³-hybridized carbons (Fsp3) is 0.370. The van der Waals surface area contributed by atoms with Crippen molar-refractivity contribution in [1.82, 2.24) is 59.6 Å². The Balaban J connectivity index is 0.000000188. The number of fused-ring (bicyclic) bond motifs is 9. The molecule has 38 heteroatoms. The van der Waals surface area contributed by atoms with Crippen molar-refractivity contribution in [3.8, 4) is 34.5 Å². The van der Waals surface area contributed by atoms with Crippen molar-refractivity contribution in [2.75, 3.05) is 94.1 Å². The first-order valence-corrected chi connectivity index (χ1v) is 43.3. The fourth-order valence-corrected chi connectivity index (χ4v) is 14.5. The second kappa shape index (κ2) is 43.0. The van der Waals surface area contributed by atoms with Crippen LogP contribution >= 0.6 is 50.4 Å². The number of phenolic OH excluding ortho intramolecular Hbond substituents is 4. The number of halogens is 3. The molecule has 12 aromatic rings. The van der Waals surface area contributed by atoms with E-state index in [0.717, 1.165) is 117 Å². The fourth-order valence-electron chi connectivity index (χ4n) is 13.4. The summed E-state index contributed by atoms with van der Waals surface area (Å²) in [7, 11) is -9.81. The molecule has 6 aromatic heterocycles. The summed E-state index contributed by atoms with van der Waals surface area (Å²) in [5.41, 5.74) is 29.5. The van der Waals surface area contributed by atoms with E-state index in [9.17, 15) is 63.5 Å². The molecule has 0 unspecified atom stereocenters. The molecule has 0 bridgehead atoms. The zero-order chi connectivity index (χ0) is 85.5. The largest absolute Gasteiger partial charge is 0.524 e. The molecule has 0 aliphatic rings. The number of aromatic nitrogens is 9. The van der Waals surface area contributed by atoms with Crippen LogP contribution in [0.1, 0.15) is 110 Å². The third-order valence-electron chi connectivity index (χ3n) is 19.1. The molecule has 0 saturated heterocycles. The highest BCUT2D eigenvalue weighted by Gasteiger charge is 2.27. The summed E-state index contributed by atoms with van der Waals surface area (Å²) in [5, 5.41) is 52.2. The predicted molar refractivity (Wildman–Crippen MR) is 458 cm³/mol. The summed E-state index contributed by atoms with van der Waals surface area (Å²) in [6.45, 7) is 10.5. The molecule has 0 fully saturated rings. The standard InChI is InChI=1S/2C27H33ClN5O7P.C27H32ClN5O4/c1-2-3-7-22-32-24-25(33(22)16-18-5-4-6-21(26(18)35)40-41(36,37)38)19-14-17(8-9-20(19)31-27(24)29)10-12-39-13-11-30-23(34)15-28;1-2-3-7-22-32-24-25(33(22)16-18-5-4-6-21(34)26(18)40-41(36,37)38)19-14-17(8-9-20(19)31-27(24)29)10-12-39-13-11-30-23(35)15-28;1-2-3-4-23-32-25-26(33(23)16-18-14-19(34)6-8-22(18)35)20-13-17(5-7-21(20)31-27(25)29)9-11-37-12-10-30-24(36)15-28/h4-6,8-9,14,35H,2-3,7,10-13,15-16H2,1H3,(H2,29,31)(H,30,34)(H2,36,37,38);4-6,8-9,14,34H,2-3,7,10-13,15-16H2,1H3,(H2,29,31)(H,30,35)(H2,36,37,38);5-8,13-14,34-35H,2-4,9-12,15-16H2,1H3,(H2,29,31)(H,30,36). The van der Waals surface area contributed by atoms with E-state index in [1.165, 1.54) is 24.3 Å². The van der Waals surface area contributed by atoms with Crippen LogP contribution in [0.4, 0.5) is 17.5 Å². The molecule has 0 spiro atoms. The SMILES string of the molecule is CCCCc1nc2c(N)nc3ccc(CCOCCNC(=O)CCl)cc3c2n1Cc1cc(O)ccc1O.CCCCc1nc2c(N)nc3ccc(CCOCCNC(=O)CCl)cc3c2n1Cc1cccc(O)c1OP(=O)(O)O.CCCCc1nc2c(N)nc3ccc(CCOCCNC(=O)CCl)cc3c2n1Cc1cccc(OP(=O)(O)O)c1O. The van der Waals surface area contributed by atoms with Crippen molar-refractivity contribution in [3.63, 3.8) is 0 Å². The molecule has 119 heavy (non-hydrogen) atoms. The Morgan fingerprint density at radius 3 is 1.18 bits per heavy atom. The Kier molecular flexibility index (Phi) is 32.9. The maximum absolute atomic E-state index is 11.7. The number of hydrogen-bond donors (Lipinski definition) is 14. The summed E-state index contributed by atoms with van der Waals surface area (Å²) >= 11 is 16.4. The van der Waals surface area contributed by atoms with Gasteiger partial charge in [0, 0.05) is 71.7 Å². The number of alkyl halides is 3. The Bertz CT molecular complexity index is 5670. The van der Waals surface area contributed by atoms with E-state index in [1.54, 1.807) is 30.3 Å². The number of nitrogens with zero attached hydrogens (tertiary/aromatic N) is 9. The van der Waals surface area contributed by atoms with Crippen LogP contribution in [0.15, 0.2) is 109 Å². The normalized spacial score (nSPS) is 11.7. The van der Waals surface area contributed by atoms with Crippen LogP contribution in [0.3, 0.4) is 0 Å². The van der Waals surface area contributed by atoms with Gasteiger partial charge in [-0.2, -0.15) is 0 Å². The van der Waals surface area contributed by atoms with Crippen molar-refractivity contribution in [1.29, 1.82) is 0 Å². The van der Waals surface area contributed by atoms with Crippen LogP contribution in [0, 0.1) is 0 Å². The number of carbonyl (C=O) groups excluding carboxylic acids is 3. The number of amides is 3. The molecular formula is C81H98Cl3N15O18P2. The van der Waals surface area contributed by atoms with Gasteiger partial charge in [-0.1, -0.05) is 82.5 Å². The molecule has 0 aliphatic carbocycles. The minimum atomic E-state index is -4.94. The maximum atomic E-state index is 11.7. The molecule has 3 amide bonds. The number of para-hydroxylation sites is 2. The summed E-state index contributed by atoms with van der Waals surface area (Å²) in [6, 6.07) is 31.2. The number of nitrogen functional groups attached to an aromatic ring is 3. The minimum absolute atomic E-state index is 0.0636. The number of imidazole rings is 3. The summed E-state index contributed by atoms with van der Waals surface area (Å²) in [4.78, 5) is 99.3. The number of ether oxygens (including phenoxy) is 3. The van der Waals surface area contributed by atoms with Crippen molar-refractivity contribution in [3.05, 3.63) is 160 Å². The molecule has 33 nitrogen and oxygen atoms in total. The zero-order valence-corrected chi connectivity index (χ0v) is 70.0. The average Bonchev–Trinajstić information content (AvgIpc) is 1.62. The number of nitrogens with two attached hydrogens (primary N) is 3. The molecule has 6 heterocycles. The minimum Gasteiger partial charge on any atom is -0.508 e. The molecule has 0 saturated carbocycles. The number of pyridine rings is 3. The Morgan fingerprint density at radius 1 is 0.429 bits per heavy atom. The maximum Gasteiger partial charge on any atom is 0.524 e. The quantitative estimate of drug-likeness (QED) is 0.00734. The molecule has 17 N–H and O–H groups in total. The van der Waals surface area contributed by atoms with Crippen molar-refractivity contribution in [2.45, 2.75) is 117 Å². The number of phenols is 4. The highest BCUT2D eigenvalue weighted by molar-refractivity contribution is 7.47. The van der Waals surface area contributed by atoms with Gasteiger partial charge in [-0.05, 0) is 122 Å². The number of phosphoric acid groups is 2. The second-order valence-corrected chi connectivity index (χ2v) is 31.0. The lowest BCUT2D eigenvalue weighted by Gasteiger charge is -2.16. The number of aromatic hydroxyl groups is 4. The van der Waals surface area contributed by atoms with Gasteiger partial charge in [-0.15, -0.1) is 34.8 Å². The lowest BCUT2D eigenvalue weighted by atomic mass is 10.1. The van der Waals surface area contributed by atoms with E-state index < -0.39 is 15.6 Å². The monoisotopic (exact) mass is 1740 g/mol. The van der Waals surface area contributed by atoms with Gasteiger partial charge in [0.25, 0.3) is 0 Å². The molecule has 12 rings (SSSR count). The van der Waals surface area contributed by atoms with Crippen LogP contribution in [-0.4, -0.2) is 178 Å². The van der Waals surface area contributed by atoms with Gasteiger partial charge in [-0.3, -0.25) is 34.0 Å². The lowest BCUT2D eigenvalue weighted by Crippen LogP contribution is -2.28. The van der Waals surface area contributed by atoms with E-state index in [-0.39, 0.29) is 94.6 Å². The molecular weight excluding hydrogens is 1640 g/mol. The van der Waals surface area contributed by atoms with E-state index in [2.05, 4.69) is 66.8 Å². The van der Waals surface area contributed by atoms with Gasteiger partial charge in [0.15, 0.2) is 40.5 Å². The summed E-state index contributed by atoms with van der Waals surface area (Å²) in [6.07, 6.45) is 9.49. The number of nitrogens with one attached hydrogen (secondary N) is 3. The molecule has 636 valence electrons. The summed E-state index contributed by atoms with van der Waals surface area (Å²) < 4.78 is 55.6. The van der Waals surface area contributed by atoms with Crippen LogP contribution in [0.2, 0.25) is 0 Å². The van der Waals surface area contributed by atoms with Crippen molar-refractivity contribution in [2.24, 2.45) is 0 Å². The van der Waals surface area contributed by atoms with Gasteiger partial charge < -0.3 is 90.5 Å². The van der Waals surface area contributed by atoms with Gasteiger partial charge in [0.2, 0.25) is 17.7 Å². The number of hydrogen-bond acceptors (Lipinski definition) is 23. The second-order valence-electron chi connectivity index (χ2n) is 27.8. The van der Waals surface area contributed by atoms with Crippen LogP contribution < -0.4 is 42.2 Å². The Morgan fingerprint density at radius 2 is 0.798 bits per heavy atom. The van der Waals surface area contributed by atoms with Gasteiger partial charge >= 0.3 is 15.6 Å². The average molecular weight is 1740 g/mol. The van der Waals surface area contributed by atoms with Gasteiger partial charge in [0.1, 0.15) is 63.2 Å². The van der Waals surface area contributed by atoms with Crippen LogP contribution in [-0.2, 0) is 95.9 Å².